The van der Waals surface area contributed by atoms with E-state index in [0.29, 0.717) is 50.4 Å². The zero-order valence-corrected chi connectivity index (χ0v) is 18.5. The number of aromatic nitrogens is 1. The molecule has 32 heavy (non-hydrogen) atoms. The number of hydrogen-bond donors (Lipinski definition) is 1. The molecule has 4 aromatic rings. The second-order valence-electron chi connectivity index (χ2n) is 7.05. The van der Waals surface area contributed by atoms with Gasteiger partial charge in [0.2, 0.25) is 17.5 Å². The first-order chi connectivity index (χ1) is 15.4. The molecule has 1 aromatic heterocycles. The highest BCUT2D eigenvalue weighted by Gasteiger charge is 2.25. The number of amides is 1. The van der Waals surface area contributed by atoms with Crippen LogP contribution in [0.2, 0.25) is 5.02 Å². The van der Waals surface area contributed by atoms with E-state index in [0.717, 1.165) is 5.56 Å². The minimum atomic E-state index is -0.760. The molecule has 3 aromatic carbocycles. The summed E-state index contributed by atoms with van der Waals surface area (Å²) >= 11 is 5.96. The molecule has 8 heteroatoms. The Morgan fingerprint density at radius 1 is 0.938 bits per heavy atom. The van der Waals surface area contributed by atoms with Crippen molar-refractivity contribution >= 4 is 28.6 Å². The number of fused-ring (bicyclic) bond motifs is 1. The first-order valence-corrected chi connectivity index (χ1v) is 10.1. The van der Waals surface area contributed by atoms with Crippen LogP contribution in [0, 0.1) is 0 Å². The first kappa shape index (κ1) is 21.5. The van der Waals surface area contributed by atoms with Gasteiger partial charge in [-0.05, 0) is 59.7 Å². The summed E-state index contributed by atoms with van der Waals surface area (Å²) in [6.45, 7) is 0. The number of benzene rings is 3. The molecule has 0 aliphatic rings. The number of oxazole rings is 1. The second-order valence-corrected chi connectivity index (χ2v) is 7.48. The van der Waals surface area contributed by atoms with Crippen molar-refractivity contribution in [3.8, 4) is 28.7 Å². The standard InChI is InChI=1S/C24H21ClN2O5/c1-29-19-11-15(12-20(30-2)22(19)31-3)21(23(26)28)14-6-9-18-17(10-14)27-24(32-18)13-4-7-16(25)8-5-13/h4-12,21H,1-3H3,(H2,26,28). The SMILES string of the molecule is COc1cc(C(C(N)=O)c2ccc3oc(-c4ccc(Cl)cc4)nc3c2)cc(OC)c1OC. The van der Waals surface area contributed by atoms with Gasteiger partial charge in [0, 0.05) is 10.6 Å². The van der Waals surface area contributed by atoms with E-state index in [2.05, 4.69) is 4.98 Å². The Hall–Kier alpha value is -3.71. The zero-order valence-electron chi connectivity index (χ0n) is 17.7. The van der Waals surface area contributed by atoms with E-state index in [9.17, 15) is 4.79 Å². The van der Waals surface area contributed by atoms with E-state index in [1.54, 1.807) is 42.5 Å². The molecule has 164 valence electrons. The average molecular weight is 453 g/mol. The second kappa shape index (κ2) is 8.80. The molecule has 0 saturated carbocycles. The van der Waals surface area contributed by atoms with E-state index in [4.69, 9.17) is 36.0 Å². The molecule has 7 nitrogen and oxygen atoms in total. The molecule has 0 aliphatic carbocycles. The predicted octanol–water partition coefficient (Wildman–Crippen LogP) is 4.79. The Bertz CT molecular complexity index is 1260. The fourth-order valence-electron chi connectivity index (χ4n) is 3.63. The van der Waals surface area contributed by atoms with Crippen LogP contribution < -0.4 is 19.9 Å². The molecule has 0 bridgehead atoms. The first-order valence-electron chi connectivity index (χ1n) is 9.70. The minimum Gasteiger partial charge on any atom is -0.493 e. The third kappa shape index (κ3) is 3.94. The van der Waals surface area contributed by atoms with Gasteiger partial charge in [-0.3, -0.25) is 4.79 Å². The van der Waals surface area contributed by atoms with Gasteiger partial charge in [-0.2, -0.15) is 0 Å². The van der Waals surface area contributed by atoms with E-state index >= 15 is 0 Å². The molecule has 0 radical (unpaired) electrons. The summed E-state index contributed by atoms with van der Waals surface area (Å²) < 4.78 is 22.1. The fraction of sp³-hybridized carbons (Fsp3) is 0.167. The summed E-state index contributed by atoms with van der Waals surface area (Å²) in [6.07, 6.45) is 0. The molecule has 4 rings (SSSR count). The normalized spacial score (nSPS) is 11.9. The lowest BCUT2D eigenvalue weighted by atomic mass is 9.90. The maximum absolute atomic E-state index is 12.5. The number of primary amides is 1. The van der Waals surface area contributed by atoms with Gasteiger partial charge in [0.1, 0.15) is 5.52 Å². The number of halogens is 1. The van der Waals surface area contributed by atoms with Crippen LogP contribution in [0.15, 0.2) is 59.0 Å². The van der Waals surface area contributed by atoms with Gasteiger partial charge in [-0.15, -0.1) is 0 Å². The van der Waals surface area contributed by atoms with Crippen LogP contribution in [0.3, 0.4) is 0 Å². The molecule has 0 aliphatic heterocycles. The maximum atomic E-state index is 12.5. The lowest BCUT2D eigenvalue weighted by Gasteiger charge is -2.19. The van der Waals surface area contributed by atoms with Gasteiger partial charge in [0.05, 0.1) is 27.2 Å². The highest BCUT2D eigenvalue weighted by Crippen LogP contribution is 2.41. The van der Waals surface area contributed by atoms with E-state index in [1.165, 1.54) is 21.3 Å². The number of carbonyl (C=O) groups is 1. The molecule has 1 amide bonds. The van der Waals surface area contributed by atoms with Crippen molar-refractivity contribution in [2.45, 2.75) is 5.92 Å². The number of nitrogens with zero attached hydrogens (tertiary/aromatic N) is 1. The van der Waals surface area contributed by atoms with Crippen molar-refractivity contribution in [2.24, 2.45) is 5.73 Å². The number of hydrogen-bond acceptors (Lipinski definition) is 6. The van der Waals surface area contributed by atoms with Crippen molar-refractivity contribution in [3.05, 3.63) is 70.7 Å². The van der Waals surface area contributed by atoms with Gasteiger partial charge in [0.25, 0.3) is 0 Å². The Morgan fingerprint density at radius 2 is 1.59 bits per heavy atom. The van der Waals surface area contributed by atoms with Gasteiger partial charge in [-0.1, -0.05) is 17.7 Å². The Morgan fingerprint density at radius 3 is 2.16 bits per heavy atom. The lowest BCUT2D eigenvalue weighted by molar-refractivity contribution is -0.118. The molecule has 0 fully saturated rings. The van der Waals surface area contributed by atoms with Crippen LogP contribution in [0.1, 0.15) is 17.0 Å². The van der Waals surface area contributed by atoms with Gasteiger partial charge < -0.3 is 24.4 Å². The third-order valence-electron chi connectivity index (χ3n) is 5.14. The van der Waals surface area contributed by atoms with Crippen molar-refractivity contribution in [3.63, 3.8) is 0 Å². The Labute approximate surface area is 189 Å². The summed E-state index contributed by atoms with van der Waals surface area (Å²) in [5.74, 6) is 0.462. The Kier molecular flexibility index (Phi) is 5.92. The van der Waals surface area contributed by atoms with E-state index < -0.39 is 11.8 Å². The van der Waals surface area contributed by atoms with Gasteiger partial charge in [-0.25, -0.2) is 4.98 Å². The zero-order chi connectivity index (χ0) is 22.8. The average Bonchev–Trinajstić information content (AvgIpc) is 3.22. The van der Waals surface area contributed by atoms with E-state index in [1.807, 2.05) is 12.1 Å². The molecule has 1 heterocycles. The molecule has 0 spiro atoms. The van der Waals surface area contributed by atoms with Gasteiger partial charge in [0.15, 0.2) is 17.1 Å². The maximum Gasteiger partial charge on any atom is 0.229 e. The van der Waals surface area contributed by atoms with Crippen LogP contribution in [-0.2, 0) is 4.79 Å². The summed E-state index contributed by atoms with van der Waals surface area (Å²) in [4.78, 5) is 17.1. The highest BCUT2D eigenvalue weighted by atomic mass is 35.5. The number of ether oxygens (including phenoxy) is 3. The van der Waals surface area contributed by atoms with Crippen molar-refractivity contribution in [2.75, 3.05) is 21.3 Å². The van der Waals surface area contributed by atoms with Crippen LogP contribution in [0.4, 0.5) is 0 Å². The topological polar surface area (TPSA) is 96.8 Å². The van der Waals surface area contributed by atoms with E-state index in [-0.39, 0.29) is 0 Å². The number of carbonyl (C=O) groups excluding carboxylic acids is 1. The highest BCUT2D eigenvalue weighted by molar-refractivity contribution is 6.30. The number of nitrogens with two attached hydrogens (primary N) is 1. The smallest absolute Gasteiger partial charge is 0.229 e. The Balaban J connectivity index is 1.80. The predicted molar refractivity (Wildman–Crippen MR) is 122 cm³/mol. The quantitative estimate of drug-likeness (QED) is 0.433. The van der Waals surface area contributed by atoms with Crippen LogP contribution >= 0.6 is 11.6 Å². The summed E-state index contributed by atoms with van der Waals surface area (Å²) in [7, 11) is 4.54. The molecule has 1 unspecified atom stereocenters. The van der Waals surface area contributed by atoms with Crippen LogP contribution in [0.5, 0.6) is 17.2 Å². The molecular formula is C24H21ClN2O5. The molecule has 1 atom stereocenters. The molecule has 2 N–H and O–H groups in total. The molecule has 0 saturated heterocycles. The molecular weight excluding hydrogens is 432 g/mol. The summed E-state index contributed by atoms with van der Waals surface area (Å²) in [6, 6.07) is 16.0. The van der Waals surface area contributed by atoms with Crippen molar-refractivity contribution in [1.29, 1.82) is 0 Å². The largest absolute Gasteiger partial charge is 0.493 e. The number of rotatable bonds is 7. The summed E-state index contributed by atoms with van der Waals surface area (Å²) in [5, 5.41) is 0.627. The summed E-state index contributed by atoms with van der Waals surface area (Å²) in [5.41, 5.74) is 9.05. The van der Waals surface area contributed by atoms with Crippen LogP contribution in [0.25, 0.3) is 22.6 Å². The number of methoxy groups -OCH3 is 3. The minimum absolute atomic E-state index is 0.431. The third-order valence-corrected chi connectivity index (χ3v) is 5.39. The fourth-order valence-corrected chi connectivity index (χ4v) is 3.75. The van der Waals surface area contributed by atoms with Crippen molar-refractivity contribution in [1.82, 2.24) is 4.98 Å². The van der Waals surface area contributed by atoms with Gasteiger partial charge >= 0.3 is 0 Å². The van der Waals surface area contributed by atoms with Crippen molar-refractivity contribution < 1.29 is 23.4 Å². The monoisotopic (exact) mass is 452 g/mol. The van der Waals surface area contributed by atoms with Crippen LogP contribution in [-0.4, -0.2) is 32.2 Å². The lowest BCUT2D eigenvalue weighted by Crippen LogP contribution is -2.22.